The second-order valence-corrected chi connectivity index (χ2v) is 5.39. The van der Waals surface area contributed by atoms with Gasteiger partial charge in [0, 0.05) is 10.4 Å². The zero-order valence-electron chi connectivity index (χ0n) is 11.3. The van der Waals surface area contributed by atoms with Gasteiger partial charge in [-0.1, -0.05) is 24.0 Å². The first-order valence-electron chi connectivity index (χ1n) is 6.31. The van der Waals surface area contributed by atoms with Crippen LogP contribution in [0.2, 0.25) is 0 Å². The Morgan fingerprint density at radius 1 is 1.40 bits per heavy atom. The number of hydrogen-bond donors (Lipinski definition) is 2. The number of nitrogens with one attached hydrogen (secondary N) is 1. The number of aryl methyl sites for hydroxylation is 1. The topological polar surface area (TPSA) is 55.1 Å². The van der Waals surface area contributed by atoms with Crippen molar-refractivity contribution in [3.8, 4) is 11.8 Å². The number of hydrogen-bond acceptors (Lipinski definition) is 3. The molecule has 0 bridgehead atoms. The van der Waals surface area contributed by atoms with E-state index in [0.717, 1.165) is 21.7 Å². The summed E-state index contributed by atoms with van der Waals surface area (Å²) in [7, 11) is 0. The van der Waals surface area contributed by atoms with Gasteiger partial charge < -0.3 is 11.1 Å². The zero-order valence-corrected chi connectivity index (χ0v) is 12.1. The maximum atomic E-state index is 12.0. The molecule has 1 heterocycles. The van der Waals surface area contributed by atoms with E-state index >= 15 is 0 Å². The Balaban J connectivity index is 2.15. The first-order chi connectivity index (χ1) is 9.69. The number of benzene rings is 1. The van der Waals surface area contributed by atoms with Gasteiger partial charge in [-0.2, -0.15) is 0 Å². The lowest BCUT2D eigenvalue weighted by Crippen LogP contribution is -2.14. The average molecular weight is 284 g/mol. The summed E-state index contributed by atoms with van der Waals surface area (Å²) in [6.07, 6.45) is 0.384. The third-order valence-electron chi connectivity index (χ3n) is 2.69. The van der Waals surface area contributed by atoms with Gasteiger partial charge >= 0.3 is 0 Å². The molecule has 20 heavy (non-hydrogen) atoms. The lowest BCUT2D eigenvalue weighted by atomic mass is 10.1. The highest BCUT2D eigenvalue weighted by Gasteiger charge is 2.07. The Labute approximate surface area is 122 Å². The van der Waals surface area contributed by atoms with Crippen molar-refractivity contribution in [2.45, 2.75) is 13.3 Å². The predicted octanol–water partition coefficient (Wildman–Crippen LogP) is 2.55. The number of thiophene rings is 1. The number of amides is 1. The van der Waals surface area contributed by atoms with E-state index in [1.54, 1.807) is 11.3 Å². The fraction of sp³-hybridized carbons (Fsp3) is 0.188. The van der Waals surface area contributed by atoms with Crippen LogP contribution in [0.4, 0.5) is 5.69 Å². The Morgan fingerprint density at radius 2 is 2.25 bits per heavy atom. The van der Waals surface area contributed by atoms with Crippen LogP contribution in [0.3, 0.4) is 0 Å². The molecule has 0 aliphatic heterocycles. The van der Waals surface area contributed by atoms with Crippen LogP contribution in [0.25, 0.3) is 0 Å². The molecule has 1 aromatic carbocycles. The summed E-state index contributed by atoms with van der Waals surface area (Å²) >= 11 is 1.58. The molecule has 0 fully saturated rings. The van der Waals surface area contributed by atoms with Gasteiger partial charge in [0.1, 0.15) is 0 Å². The number of carbonyl (C=O) groups excluding carboxylic acids is 1. The van der Waals surface area contributed by atoms with E-state index in [-0.39, 0.29) is 5.91 Å². The third-order valence-corrected chi connectivity index (χ3v) is 3.57. The SMILES string of the molecule is Cc1ccc(C#CCN)c(NC(=O)Cc2cccs2)c1. The van der Waals surface area contributed by atoms with Crippen molar-refractivity contribution in [1.82, 2.24) is 0 Å². The Hall–Kier alpha value is -2.09. The number of rotatable bonds is 3. The number of nitrogens with two attached hydrogens (primary N) is 1. The van der Waals surface area contributed by atoms with E-state index in [2.05, 4.69) is 17.2 Å². The molecule has 2 aromatic rings. The maximum absolute atomic E-state index is 12.0. The fourth-order valence-corrected chi connectivity index (χ4v) is 2.49. The van der Waals surface area contributed by atoms with E-state index < -0.39 is 0 Å². The summed E-state index contributed by atoms with van der Waals surface area (Å²) in [6.45, 7) is 2.28. The predicted molar refractivity (Wildman–Crippen MR) is 83.8 cm³/mol. The summed E-state index contributed by atoms with van der Waals surface area (Å²) in [6, 6.07) is 9.69. The quantitative estimate of drug-likeness (QED) is 0.851. The van der Waals surface area contributed by atoms with E-state index in [4.69, 9.17) is 5.73 Å². The van der Waals surface area contributed by atoms with Gasteiger partial charge in [-0.25, -0.2) is 0 Å². The van der Waals surface area contributed by atoms with Gasteiger partial charge in [0.2, 0.25) is 5.91 Å². The third kappa shape index (κ3) is 3.95. The van der Waals surface area contributed by atoms with Crippen molar-refractivity contribution in [1.29, 1.82) is 0 Å². The highest BCUT2D eigenvalue weighted by molar-refractivity contribution is 7.10. The molecule has 0 spiro atoms. The van der Waals surface area contributed by atoms with Crippen molar-refractivity contribution < 1.29 is 4.79 Å². The summed E-state index contributed by atoms with van der Waals surface area (Å²) in [4.78, 5) is 13.1. The van der Waals surface area contributed by atoms with E-state index in [9.17, 15) is 4.79 Å². The molecule has 0 atom stereocenters. The fourth-order valence-electron chi connectivity index (χ4n) is 1.78. The molecule has 0 aliphatic rings. The first-order valence-corrected chi connectivity index (χ1v) is 7.19. The molecular formula is C16H16N2OS. The molecular weight excluding hydrogens is 268 g/mol. The van der Waals surface area contributed by atoms with E-state index in [1.807, 2.05) is 42.6 Å². The van der Waals surface area contributed by atoms with Crippen molar-refractivity contribution in [2.24, 2.45) is 5.73 Å². The molecule has 3 nitrogen and oxygen atoms in total. The molecule has 0 saturated carbocycles. The largest absolute Gasteiger partial charge is 0.325 e. The van der Waals surface area contributed by atoms with Gasteiger partial charge in [-0.3, -0.25) is 4.79 Å². The molecule has 2 rings (SSSR count). The minimum atomic E-state index is -0.0335. The normalized spacial score (nSPS) is 9.70. The van der Waals surface area contributed by atoms with Crippen LogP contribution in [0.15, 0.2) is 35.7 Å². The number of carbonyl (C=O) groups is 1. The van der Waals surface area contributed by atoms with Crippen LogP contribution in [0.5, 0.6) is 0 Å². The van der Waals surface area contributed by atoms with Gasteiger partial charge in [0.05, 0.1) is 18.7 Å². The lowest BCUT2D eigenvalue weighted by molar-refractivity contribution is -0.115. The van der Waals surface area contributed by atoms with E-state index in [0.29, 0.717) is 13.0 Å². The van der Waals surface area contributed by atoms with Crippen LogP contribution in [-0.4, -0.2) is 12.5 Å². The lowest BCUT2D eigenvalue weighted by Gasteiger charge is -2.08. The Kier molecular flexibility index (Phi) is 4.94. The van der Waals surface area contributed by atoms with Gasteiger partial charge in [0.15, 0.2) is 0 Å². The molecule has 4 heteroatoms. The van der Waals surface area contributed by atoms with Crippen LogP contribution in [-0.2, 0) is 11.2 Å². The molecule has 1 aromatic heterocycles. The van der Waals surface area contributed by atoms with Crippen molar-refractivity contribution in [2.75, 3.05) is 11.9 Å². The smallest absolute Gasteiger partial charge is 0.229 e. The highest BCUT2D eigenvalue weighted by atomic mass is 32.1. The minimum Gasteiger partial charge on any atom is -0.325 e. The van der Waals surface area contributed by atoms with Gasteiger partial charge in [-0.05, 0) is 36.1 Å². The van der Waals surface area contributed by atoms with Gasteiger partial charge in [-0.15, -0.1) is 11.3 Å². The van der Waals surface area contributed by atoms with Gasteiger partial charge in [0.25, 0.3) is 0 Å². The van der Waals surface area contributed by atoms with Crippen LogP contribution >= 0.6 is 11.3 Å². The molecule has 0 radical (unpaired) electrons. The summed E-state index contributed by atoms with van der Waals surface area (Å²) in [5.74, 6) is 5.76. The zero-order chi connectivity index (χ0) is 14.4. The standard InChI is InChI=1S/C16H16N2OS/c1-12-6-7-13(4-2-8-17)15(10-12)18-16(19)11-14-5-3-9-20-14/h3,5-7,9-10H,8,11,17H2,1H3,(H,18,19). The molecule has 0 aliphatic carbocycles. The highest BCUT2D eigenvalue weighted by Crippen LogP contribution is 2.18. The average Bonchev–Trinajstić information content (AvgIpc) is 2.90. The second-order valence-electron chi connectivity index (χ2n) is 4.36. The number of anilines is 1. The molecule has 1 amide bonds. The summed E-state index contributed by atoms with van der Waals surface area (Å²) < 4.78 is 0. The van der Waals surface area contributed by atoms with E-state index in [1.165, 1.54) is 0 Å². The first kappa shape index (κ1) is 14.3. The monoisotopic (exact) mass is 284 g/mol. The Bertz CT molecular complexity index is 651. The summed E-state index contributed by atoms with van der Waals surface area (Å²) in [5, 5.41) is 4.89. The molecule has 102 valence electrons. The van der Waals surface area contributed by atoms with Crippen molar-refractivity contribution >= 4 is 22.9 Å². The second kappa shape index (κ2) is 6.90. The van der Waals surface area contributed by atoms with Crippen LogP contribution in [0, 0.1) is 18.8 Å². The van der Waals surface area contributed by atoms with Crippen molar-refractivity contribution in [3.05, 3.63) is 51.7 Å². The van der Waals surface area contributed by atoms with Crippen LogP contribution < -0.4 is 11.1 Å². The maximum Gasteiger partial charge on any atom is 0.229 e. The minimum absolute atomic E-state index is 0.0335. The van der Waals surface area contributed by atoms with Crippen molar-refractivity contribution in [3.63, 3.8) is 0 Å². The molecule has 3 N–H and O–H groups in total. The summed E-state index contributed by atoms with van der Waals surface area (Å²) in [5.41, 5.74) is 8.00. The Morgan fingerprint density at radius 3 is 2.95 bits per heavy atom. The van der Waals surface area contributed by atoms with Crippen LogP contribution in [0.1, 0.15) is 16.0 Å². The molecule has 0 unspecified atom stereocenters. The molecule has 0 saturated heterocycles.